The van der Waals surface area contributed by atoms with Crippen molar-refractivity contribution in [2.24, 2.45) is 0 Å². The summed E-state index contributed by atoms with van der Waals surface area (Å²) in [6.07, 6.45) is 0. The third-order valence-electron chi connectivity index (χ3n) is 3.02. The summed E-state index contributed by atoms with van der Waals surface area (Å²) in [7, 11) is 0. The number of hydrogen-bond donors (Lipinski definition) is 1. The van der Waals surface area contributed by atoms with E-state index in [1.807, 2.05) is 6.92 Å². The van der Waals surface area contributed by atoms with Crippen LogP contribution in [0.15, 0.2) is 0 Å². The van der Waals surface area contributed by atoms with Gasteiger partial charge in [-0.3, -0.25) is 10.1 Å². The van der Waals surface area contributed by atoms with Crippen molar-refractivity contribution in [3.63, 3.8) is 0 Å². The van der Waals surface area contributed by atoms with Crippen molar-refractivity contribution >= 4 is 23.1 Å². The molecule has 0 aliphatic rings. The van der Waals surface area contributed by atoms with Gasteiger partial charge in [-0.1, -0.05) is 13.8 Å². The zero-order valence-corrected chi connectivity index (χ0v) is 12.9. The molecule has 20 heavy (non-hydrogen) atoms. The van der Waals surface area contributed by atoms with Crippen LogP contribution in [0.4, 0.5) is 11.5 Å². The SMILES string of the molecule is CCN(CC)CC(C)Nc1nc(Cl)nc(C)c1[N+](=O)[O-]. The van der Waals surface area contributed by atoms with E-state index in [1.54, 1.807) is 6.92 Å². The second-order valence-corrected chi connectivity index (χ2v) is 4.90. The molecule has 0 saturated carbocycles. The van der Waals surface area contributed by atoms with Gasteiger partial charge in [0, 0.05) is 12.6 Å². The molecule has 0 bridgehead atoms. The van der Waals surface area contributed by atoms with Crippen molar-refractivity contribution in [2.75, 3.05) is 25.0 Å². The molecule has 1 heterocycles. The summed E-state index contributed by atoms with van der Waals surface area (Å²) in [5, 5.41) is 14.2. The highest BCUT2D eigenvalue weighted by atomic mass is 35.5. The summed E-state index contributed by atoms with van der Waals surface area (Å²) in [5.74, 6) is 0.173. The van der Waals surface area contributed by atoms with E-state index in [-0.39, 0.29) is 28.5 Å². The molecule has 0 aliphatic carbocycles. The quantitative estimate of drug-likeness (QED) is 0.473. The Hall–Kier alpha value is -1.47. The van der Waals surface area contributed by atoms with E-state index in [2.05, 4.69) is 34.0 Å². The Balaban J connectivity index is 2.93. The summed E-state index contributed by atoms with van der Waals surface area (Å²) in [6.45, 7) is 10.3. The van der Waals surface area contributed by atoms with Crippen LogP contribution < -0.4 is 5.32 Å². The maximum Gasteiger partial charge on any atom is 0.332 e. The number of hydrogen-bond acceptors (Lipinski definition) is 6. The van der Waals surface area contributed by atoms with Gasteiger partial charge in [-0.25, -0.2) is 4.98 Å². The van der Waals surface area contributed by atoms with E-state index in [1.165, 1.54) is 0 Å². The van der Waals surface area contributed by atoms with Gasteiger partial charge in [0.05, 0.1) is 4.92 Å². The number of nitrogens with zero attached hydrogens (tertiary/aromatic N) is 4. The minimum atomic E-state index is -0.488. The molecule has 0 amide bonds. The lowest BCUT2D eigenvalue weighted by molar-refractivity contribution is -0.385. The molecule has 112 valence electrons. The first-order valence-electron chi connectivity index (χ1n) is 6.56. The van der Waals surface area contributed by atoms with Crippen LogP contribution in [0.1, 0.15) is 26.5 Å². The van der Waals surface area contributed by atoms with Crippen molar-refractivity contribution in [2.45, 2.75) is 33.7 Å². The molecule has 0 saturated heterocycles. The van der Waals surface area contributed by atoms with Gasteiger partial charge in [0.2, 0.25) is 11.1 Å². The third kappa shape index (κ3) is 4.28. The maximum atomic E-state index is 11.1. The first-order valence-corrected chi connectivity index (χ1v) is 6.94. The van der Waals surface area contributed by atoms with Gasteiger partial charge in [-0.2, -0.15) is 4.98 Å². The summed E-state index contributed by atoms with van der Waals surface area (Å²) in [4.78, 5) is 20.6. The molecule has 0 aromatic carbocycles. The fourth-order valence-electron chi connectivity index (χ4n) is 2.00. The summed E-state index contributed by atoms with van der Waals surface area (Å²) >= 11 is 5.78. The van der Waals surface area contributed by atoms with E-state index in [4.69, 9.17) is 11.6 Å². The van der Waals surface area contributed by atoms with Crippen molar-refractivity contribution in [1.29, 1.82) is 0 Å². The topological polar surface area (TPSA) is 84.2 Å². The number of rotatable bonds is 7. The largest absolute Gasteiger partial charge is 0.360 e. The van der Waals surface area contributed by atoms with Crippen molar-refractivity contribution in [3.8, 4) is 0 Å². The number of halogens is 1. The molecule has 0 aliphatic heterocycles. The lowest BCUT2D eigenvalue weighted by Crippen LogP contribution is -2.35. The van der Waals surface area contributed by atoms with Crippen molar-refractivity contribution in [3.05, 3.63) is 21.1 Å². The fourth-order valence-corrected chi connectivity index (χ4v) is 2.21. The first kappa shape index (κ1) is 16.6. The zero-order chi connectivity index (χ0) is 15.3. The van der Waals surface area contributed by atoms with Crippen LogP contribution in [0, 0.1) is 17.0 Å². The molecule has 7 nitrogen and oxygen atoms in total. The van der Waals surface area contributed by atoms with Gasteiger partial charge < -0.3 is 10.2 Å². The summed E-state index contributed by atoms with van der Waals surface area (Å²) in [5.41, 5.74) is 0.133. The van der Waals surface area contributed by atoms with E-state index in [0.29, 0.717) is 0 Å². The van der Waals surface area contributed by atoms with Crippen LogP contribution in [0.2, 0.25) is 5.28 Å². The molecule has 1 aromatic rings. The minimum Gasteiger partial charge on any atom is -0.360 e. The molecule has 1 atom stereocenters. The van der Waals surface area contributed by atoms with Crippen LogP contribution in [0.3, 0.4) is 0 Å². The average molecular weight is 302 g/mol. The smallest absolute Gasteiger partial charge is 0.332 e. The number of anilines is 1. The first-order chi connectivity index (χ1) is 9.38. The van der Waals surface area contributed by atoms with Crippen molar-refractivity contribution < 1.29 is 4.92 Å². The second-order valence-electron chi connectivity index (χ2n) is 4.56. The Labute approximate surface area is 123 Å². The standard InChI is InChI=1S/C12H20ClN5O2/c1-5-17(6-2)7-8(3)14-11-10(18(19)20)9(4)15-12(13)16-11/h8H,5-7H2,1-4H3,(H,14,15,16). The molecule has 0 fully saturated rings. The number of nitro groups is 1. The van der Waals surface area contributed by atoms with Gasteiger partial charge in [0.1, 0.15) is 5.69 Å². The van der Waals surface area contributed by atoms with E-state index in [0.717, 1.165) is 19.6 Å². The van der Waals surface area contributed by atoms with Crippen LogP contribution in [-0.2, 0) is 0 Å². The highest BCUT2D eigenvalue weighted by Gasteiger charge is 2.23. The Kier molecular flexibility index (Phi) is 6.09. The van der Waals surface area contributed by atoms with Crippen LogP contribution >= 0.6 is 11.6 Å². The van der Waals surface area contributed by atoms with Gasteiger partial charge in [-0.05, 0) is 38.5 Å². The Morgan fingerprint density at radius 2 is 2.00 bits per heavy atom. The van der Waals surface area contributed by atoms with Crippen LogP contribution in [0.5, 0.6) is 0 Å². The molecule has 1 rings (SSSR count). The molecule has 8 heteroatoms. The lowest BCUT2D eigenvalue weighted by Gasteiger charge is -2.23. The highest BCUT2D eigenvalue weighted by Crippen LogP contribution is 2.26. The Morgan fingerprint density at radius 3 is 2.50 bits per heavy atom. The Morgan fingerprint density at radius 1 is 1.40 bits per heavy atom. The van der Waals surface area contributed by atoms with E-state index in [9.17, 15) is 10.1 Å². The second kappa shape index (κ2) is 7.35. The molecule has 1 unspecified atom stereocenters. The average Bonchev–Trinajstić information content (AvgIpc) is 2.34. The monoisotopic (exact) mass is 301 g/mol. The highest BCUT2D eigenvalue weighted by molar-refractivity contribution is 6.28. The number of aryl methyl sites for hydroxylation is 1. The summed E-state index contributed by atoms with van der Waals surface area (Å²) < 4.78 is 0. The molecule has 0 spiro atoms. The number of likely N-dealkylation sites (N-methyl/N-ethyl adjacent to an activating group) is 1. The number of aromatic nitrogens is 2. The molecular formula is C12H20ClN5O2. The van der Waals surface area contributed by atoms with Gasteiger partial charge in [-0.15, -0.1) is 0 Å². The summed E-state index contributed by atoms with van der Waals surface area (Å²) in [6, 6.07) is 0.0129. The van der Waals surface area contributed by atoms with Crippen LogP contribution in [-0.4, -0.2) is 45.5 Å². The Bertz CT molecular complexity index is 479. The minimum absolute atomic E-state index is 0.00522. The molecule has 1 N–H and O–H groups in total. The maximum absolute atomic E-state index is 11.1. The van der Waals surface area contributed by atoms with Crippen molar-refractivity contribution in [1.82, 2.24) is 14.9 Å². The number of nitrogens with one attached hydrogen (secondary N) is 1. The van der Waals surface area contributed by atoms with E-state index >= 15 is 0 Å². The van der Waals surface area contributed by atoms with Gasteiger partial charge in [0.25, 0.3) is 0 Å². The predicted molar refractivity (Wildman–Crippen MR) is 79.3 cm³/mol. The molecule has 0 radical (unpaired) electrons. The molecule has 1 aromatic heterocycles. The van der Waals surface area contributed by atoms with Gasteiger partial charge >= 0.3 is 5.69 Å². The van der Waals surface area contributed by atoms with Crippen LogP contribution in [0.25, 0.3) is 0 Å². The fraction of sp³-hybridized carbons (Fsp3) is 0.667. The normalized spacial score (nSPS) is 12.5. The third-order valence-corrected chi connectivity index (χ3v) is 3.19. The van der Waals surface area contributed by atoms with E-state index < -0.39 is 4.92 Å². The van der Waals surface area contributed by atoms with Gasteiger partial charge in [0.15, 0.2) is 0 Å². The zero-order valence-electron chi connectivity index (χ0n) is 12.2. The molecular weight excluding hydrogens is 282 g/mol. The predicted octanol–water partition coefficient (Wildman–Crippen LogP) is 2.49. The lowest BCUT2D eigenvalue weighted by atomic mass is 10.2.